The molecule has 0 amide bonds. The highest BCUT2D eigenvalue weighted by Gasteiger charge is 2.18. The lowest BCUT2D eigenvalue weighted by molar-refractivity contribution is 0.482. The second-order valence-electron chi connectivity index (χ2n) is 6.84. The first-order valence-corrected chi connectivity index (χ1v) is 11.9. The fourth-order valence-corrected chi connectivity index (χ4v) is 4.09. The Morgan fingerprint density at radius 1 is 0.727 bits per heavy atom. The Bertz CT molecular complexity index is 1370. The van der Waals surface area contributed by atoms with Crippen molar-refractivity contribution >= 4 is 45.2 Å². The summed E-state index contributed by atoms with van der Waals surface area (Å²) in [7, 11) is -4.06. The van der Waals surface area contributed by atoms with Crippen LogP contribution in [0.3, 0.4) is 0 Å². The van der Waals surface area contributed by atoms with Gasteiger partial charge in [0.05, 0.1) is 5.69 Å². The number of hydrogen-bond acceptors (Lipinski definition) is 5. The molecule has 0 unspecified atom stereocenters. The molecule has 0 atom stereocenters. The standard InChI is InChI=1S/C25H17Cl2NO4S/c26-19-6-13-24(14-7-19)33(29,30)32-25-15-8-20(27)16-18(25)17-28-21-9-11-23(12-10-21)31-22-4-2-1-3-5-22/h1-17H. The van der Waals surface area contributed by atoms with Crippen molar-refractivity contribution in [3.8, 4) is 17.2 Å². The third-order valence-electron chi connectivity index (χ3n) is 4.44. The molecule has 0 fully saturated rings. The van der Waals surface area contributed by atoms with Crippen LogP contribution in [-0.4, -0.2) is 14.6 Å². The Labute approximate surface area is 202 Å². The zero-order chi connectivity index (χ0) is 23.3. The summed E-state index contributed by atoms with van der Waals surface area (Å²) in [5, 5.41) is 0.841. The minimum atomic E-state index is -4.06. The van der Waals surface area contributed by atoms with Crippen molar-refractivity contribution in [3.05, 3.63) is 113 Å². The molecular formula is C25H17Cl2NO4S. The van der Waals surface area contributed by atoms with E-state index in [1.54, 1.807) is 36.4 Å². The van der Waals surface area contributed by atoms with Crippen LogP contribution in [0.25, 0.3) is 0 Å². The first-order valence-electron chi connectivity index (χ1n) is 9.76. The second kappa shape index (κ2) is 10.1. The summed E-state index contributed by atoms with van der Waals surface area (Å²) in [5.41, 5.74) is 1.05. The summed E-state index contributed by atoms with van der Waals surface area (Å²) >= 11 is 11.9. The Balaban J connectivity index is 1.53. The lowest BCUT2D eigenvalue weighted by Crippen LogP contribution is -2.10. The monoisotopic (exact) mass is 497 g/mol. The molecule has 0 aliphatic carbocycles. The molecule has 0 bridgehead atoms. The zero-order valence-electron chi connectivity index (χ0n) is 17.1. The summed E-state index contributed by atoms with van der Waals surface area (Å²) in [6.45, 7) is 0. The summed E-state index contributed by atoms with van der Waals surface area (Å²) in [6, 6.07) is 26.9. The maximum atomic E-state index is 12.7. The van der Waals surface area contributed by atoms with E-state index in [4.69, 9.17) is 32.1 Å². The van der Waals surface area contributed by atoms with Crippen LogP contribution in [-0.2, 0) is 10.1 Å². The van der Waals surface area contributed by atoms with E-state index in [2.05, 4.69) is 4.99 Å². The van der Waals surface area contributed by atoms with Crippen LogP contribution in [0.2, 0.25) is 10.0 Å². The van der Waals surface area contributed by atoms with E-state index in [-0.39, 0.29) is 10.6 Å². The fourth-order valence-electron chi connectivity index (χ4n) is 2.83. The summed E-state index contributed by atoms with van der Waals surface area (Å²) in [4.78, 5) is 4.39. The number of halogens is 2. The molecule has 4 aromatic carbocycles. The molecule has 0 aliphatic rings. The number of para-hydroxylation sites is 1. The highest BCUT2D eigenvalue weighted by molar-refractivity contribution is 7.87. The SMILES string of the molecule is O=S(=O)(Oc1ccc(Cl)cc1C=Nc1ccc(Oc2ccccc2)cc1)c1ccc(Cl)cc1. The highest BCUT2D eigenvalue weighted by atomic mass is 35.5. The van der Waals surface area contributed by atoms with E-state index in [0.29, 0.717) is 27.0 Å². The average Bonchev–Trinajstić information content (AvgIpc) is 2.81. The third kappa shape index (κ3) is 6.14. The predicted octanol–water partition coefficient (Wildman–Crippen LogP) is 7.30. The summed E-state index contributed by atoms with van der Waals surface area (Å²) in [6.07, 6.45) is 1.49. The van der Waals surface area contributed by atoms with Gasteiger partial charge >= 0.3 is 10.1 Å². The number of ether oxygens (including phenoxy) is 1. The Morgan fingerprint density at radius 3 is 2.06 bits per heavy atom. The Kier molecular flexibility index (Phi) is 6.99. The summed E-state index contributed by atoms with van der Waals surface area (Å²) in [5.74, 6) is 1.50. The molecule has 4 rings (SSSR count). The van der Waals surface area contributed by atoms with Gasteiger partial charge in [0.25, 0.3) is 0 Å². The number of hydrogen-bond donors (Lipinski definition) is 0. The van der Waals surface area contributed by atoms with Gasteiger partial charge in [-0.05, 0) is 78.9 Å². The van der Waals surface area contributed by atoms with Crippen molar-refractivity contribution < 1.29 is 17.3 Å². The maximum absolute atomic E-state index is 12.7. The van der Waals surface area contributed by atoms with Gasteiger partial charge in [-0.2, -0.15) is 8.42 Å². The number of benzene rings is 4. The van der Waals surface area contributed by atoms with E-state index in [0.717, 1.165) is 5.75 Å². The van der Waals surface area contributed by atoms with Gasteiger partial charge in [0, 0.05) is 21.8 Å². The smallest absolute Gasteiger partial charge is 0.339 e. The molecule has 0 aliphatic heterocycles. The maximum Gasteiger partial charge on any atom is 0.339 e. The molecule has 166 valence electrons. The molecule has 0 N–H and O–H groups in total. The van der Waals surface area contributed by atoms with Gasteiger partial charge in [0.15, 0.2) is 5.75 Å². The van der Waals surface area contributed by atoms with E-state index in [1.165, 1.54) is 36.5 Å². The lowest BCUT2D eigenvalue weighted by atomic mass is 10.2. The Hall–Kier alpha value is -3.32. The second-order valence-corrected chi connectivity index (χ2v) is 9.26. The normalized spacial score (nSPS) is 11.5. The number of rotatable bonds is 7. The molecule has 0 aromatic heterocycles. The molecular weight excluding hydrogens is 481 g/mol. The first-order chi connectivity index (χ1) is 15.9. The highest BCUT2D eigenvalue weighted by Crippen LogP contribution is 2.27. The average molecular weight is 498 g/mol. The first kappa shape index (κ1) is 22.9. The van der Waals surface area contributed by atoms with Gasteiger partial charge in [-0.25, -0.2) is 0 Å². The predicted molar refractivity (Wildman–Crippen MR) is 131 cm³/mol. The van der Waals surface area contributed by atoms with Crippen LogP contribution in [0.15, 0.2) is 107 Å². The molecule has 0 saturated heterocycles. The summed E-state index contributed by atoms with van der Waals surface area (Å²) < 4.78 is 36.4. The minimum absolute atomic E-state index is 0.0151. The quantitative estimate of drug-likeness (QED) is 0.198. The van der Waals surface area contributed by atoms with Crippen LogP contribution in [0.1, 0.15) is 5.56 Å². The van der Waals surface area contributed by atoms with Crippen LogP contribution < -0.4 is 8.92 Å². The van der Waals surface area contributed by atoms with Crippen molar-refractivity contribution in [2.24, 2.45) is 4.99 Å². The molecule has 8 heteroatoms. The molecule has 0 heterocycles. The fraction of sp³-hybridized carbons (Fsp3) is 0. The zero-order valence-corrected chi connectivity index (χ0v) is 19.4. The number of aliphatic imine (C=N–C) groups is 1. The van der Waals surface area contributed by atoms with Gasteiger partial charge in [0.2, 0.25) is 0 Å². The molecule has 33 heavy (non-hydrogen) atoms. The van der Waals surface area contributed by atoms with Gasteiger partial charge < -0.3 is 8.92 Å². The molecule has 0 saturated carbocycles. The van der Waals surface area contributed by atoms with Crippen LogP contribution in [0.5, 0.6) is 17.2 Å². The molecule has 4 aromatic rings. The van der Waals surface area contributed by atoms with Crippen molar-refractivity contribution in [2.45, 2.75) is 4.90 Å². The third-order valence-corrected chi connectivity index (χ3v) is 6.18. The van der Waals surface area contributed by atoms with Crippen molar-refractivity contribution in [3.63, 3.8) is 0 Å². The lowest BCUT2D eigenvalue weighted by Gasteiger charge is -2.10. The van der Waals surface area contributed by atoms with Crippen molar-refractivity contribution in [2.75, 3.05) is 0 Å². The van der Waals surface area contributed by atoms with Crippen molar-refractivity contribution in [1.82, 2.24) is 0 Å². The van der Waals surface area contributed by atoms with Gasteiger partial charge in [0.1, 0.15) is 16.4 Å². The van der Waals surface area contributed by atoms with E-state index >= 15 is 0 Å². The molecule has 5 nitrogen and oxygen atoms in total. The van der Waals surface area contributed by atoms with E-state index in [9.17, 15) is 8.42 Å². The van der Waals surface area contributed by atoms with E-state index in [1.807, 2.05) is 30.3 Å². The van der Waals surface area contributed by atoms with Gasteiger partial charge in [-0.15, -0.1) is 0 Å². The van der Waals surface area contributed by atoms with Crippen molar-refractivity contribution in [1.29, 1.82) is 0 Å². The van der Waals surface area contributed by atoms with Crippen LogP contribution >= 0.6 is 23.2 Å². The topological polar surface area (TPSA) is 65.0 Å². The number of nitrogens with zero attached hydrogens (tertiary/aromatic N) is 1. The van der Waals surface area contributed by atoms with Gasteiger partial charge in [-0.1, -0.05) is 41.4 Å². The molecule has 0 spiro atoms. The largest absolute Gasteiger partial charge is 0.457 e. The Morgan fingerprint density at radius 2 is 1.36 bits per heavy atom. The van der Waals surface area contributed by atoms with Crippen LogP contribution in [0.4, 0.5) is 5.69 Å². The van der Waals surface area contributed by atoms with Crippen LogP contribution in [0, 0.1) is 0 Å². The molecule has 0 radical (unpaired) electrons. The van der Waals surface area contributed by atoms with Gasteiger partial charge in [-0.3, -0.25) is 4.99 Å². The van der Waals surface area contributed by atoms with E-state index < -0.39 is 10.1 Å². The minimum Gasteiger partial charge on any atom is -0.457 e.